The Kier molecular flexibility index (Phi) is 7.54. The summed E-state index contributed by atoms with van der Waals surface area (Å²) in [4.78, 5) is 39.0. The molecule has 0 aliphatic rings. The van der Waals surface area contributed by atoms with Crippen molar-refractivity contribution >= 4 is 29.8 Å². The van der Waals surface area contributed by atoms with Crippen LogP contribution in [0.4, 0.5) is 15.3 Å². The van der Waals surface area contributed by atoms with E-state index in [-0.39, 0.29) is 12.4 Å². The van der Waals surface area contributed by atoms with Gasteiger partial charge in [-0.15, -0.1) is 0 Å². The van der Waals surface area contributed by atoms with Gasteiger partial charge in [0, 0.05) is 0 Å². The number of benzene rings is 1. The van der Waals surface area contributed by atoms with E-state index in [4.69, 9.17) is 14.6 Å². The molecule has 3 N–H and O–H groups in total. The number of aliphatic imine (C=N–C) groups is 1. The summed E-state index contributed by atoms with van der Waals surface area (Å²) in [5, 5.41) is 13.6. The predicted molar refractivity (Wildman–Crippen MR) is 104 cm³/mol. The van der Waals surface area contributed by atoms with E-state index in [2.05, 4.69) is 15.6 Å². The Morgan fingerprint density at radius 1 is 0.893 bits per heavy atom. The third-order valence-corrected chi connectivity index (χ3v) is 2.77. The van der Waals surface area contributed by atoms with Crippen molar-refractivity contribution < 1.29 is 29.0 Å². The summed E-state index contributed by atoms with van der Waals surface area (Å²) in [7, 11) is 0. The molecule has 0 aliphatic heterocycles. The summed E-state index contributed by atoms with van der Waals surface area (Å²) in [5.41, 5.74) is -0.497. The molecule has 0 aliphatic carbocycles. The SMILES string of the molecule is CC(C)(C)OC(=O)NC(=Nc1ccc(CC(=O)O)cc1)NC(=O)OC(C)(C)C. The van der Waals surface area contributed by atoms with Gasteiger partial charge in [-0.1, -0.05) is 12.1 Å². The van der Waals surface area contributed by atoms with Gasteiger partial charge in [-0.3, -0.25) is 15.4 Å². The van der Waals surface area contributed by atoms with Crippen LogP contribution in [-0.2, 0) is 20.7 Å². The van der Waals surface area contributed by atoms with E-state index in [0.717, 1.165) is 0 Å². The Morgan fingerprint density at radius 2 is 1.32 bits per heavy atom. The smallest absolute Gasteiger partial charge is 0.414 e. The topological polar surface area (TPSA) is 126 Å². The molecule has 9 nitrogen and oxygen atoms in total. The highest BCUT2D eigenvalue weighted by molar-refractivity contribution is 6.02. The Hall–Kier alpha value is -3.10. The van der Waals surface area contributed by atoms with Crippen LogP contribution in [0.25, 0.3) is 0 Å². The molecule has 1 aromatic carbocycles. The van der Waals surface area contributed by atoms with E-state index in [1.54, 1.807) is 65.8 Å². The lowest BCUT2D eigenvalue weighted by Crippen LogP contribution is -2.47. The third-order valence-electron chi connectivity index (χ3n) is 2.77. The van der Waals surface area contributed by atoms with Crippen LogP contribution in [0.3, 0.4) is 0 Å². The van der Waals surface area contributed by atoms with Gasteiger partial charge in [-0.2, -0.15) is 0 Å². The second kappa shape index (κ2) is 9.20. The van der Waals surface area contributed by atoms with Gasteiger partial charge in [0.25, 0.3) is 0 Å². The number of hydrogen-bond donors (Lipinski definition) is 3. The molecule has 154 valence electrons. The van der Waals surface area contributed by atoms with Crippen LogP contribution in [0.15, 0.2) is 29.3 Å². The number of rotatable bonds is 3. The summed E-state index contributed by atoms with van der Waals surface area (Å²) in [6.45, 7) is 10.2. The number of guanidine groups is 1. The van der Waals surface area contributed by atoms with Gasteiger partial charge < -0.3 is 14.6 Å². The summed E-state index contributed by atoms with van der Waals surface area (Å²) < 4.78 is 10.3. The minimum Gasteiger partial charge on any atom is -0.481 e. The lowest BCUT2D eigenvalue weighted by Gasteiger charge is -2.22. The van der Waals surface area contributed by atoms with Gasteiger partial charge in [-0.05, 0) is 59.2 Å². The quantitative estimate of drug-likeness (QED) is 0.534. The van der Waals surface area contributed by atoms with E-state index in [9.17, 15) is 14.4 Å². The minimum absolute atomic E-state index is 0.122. The first-order valence-corrected chi connectivity index (χ1v) is 8.63. The molecule has 28 heavy (non-hydrogen) atoms. The Labute approximate surface area is 164 Å². The second-order valence-corrected chi connectivity index (χ2v) is 7.95. The summed E-state index contributed by atoms with van der Waals surface area (Å²) in [5.74, 6) is -1.13. The fraction of sp³-hybridized carbons (Fsp3) is 0.474. The third kappa shape index (κ3) is 10.1. The van der Waals surface area contributed by atoms with Gasteiger partial charge >= 0.3 is 18.2 Å². The number of carboxylic acid groups (broad SMARTS) is 1. The van der Waals surface area contributed by atoms with Crippen molar-refractivity contribution in [1.82, 2.24) is 10.6 Å². The molecule has 0 saturated heterocycles. The van der Waals surface area contributed by atoms with Crippen molar-refractivity contribution in [3.8, 4) is 0 Å². The number of carboxylic acids is 1. The van der Waals surface area contributed by atoms with Crippen LogP contribution in [0, 0.1) is 0 Å². The van der Waals surface area contributed by atoms with Crippen molar-refractivity contribution in [2.24, 2.45) is 4.99 Å². The van der Waals surface area contributed by atoms with Gasteiger partial charge in [0.05, 0.1) is 12.1 Å². The molecule has 0 heterocycles. The highest BCUT2D eigenvalue weighted by Crippen LogP contribution is 2.14. The van der Waals surface area contributed by atoms with Crippen molar-refractivity contribution in [3.63, 3.8) is 0 Å². The molecule has 0 saturated carbocycles. The minimum atomic E-state index is -0.949. The van der Waals surface area contributed by atoms with Crippen LogP contribution in [0.5, 0.6) is 0 Å². The summed E-state index contributed by atoms with van der Waals surface area (Å²) >= 11 is 0. The number of amides is 2. The number of carbonyl (C=O) groups excluding carboxylic acids is 2. The van der Waals surface area contributed by atoms with Crippen LogP contribution >= 0.6 is 0 Å². The van der Waals surface area contributed by atoms with Crippen LogP contribution in [-0.4, -0.2) is 40.4 Å². The largest absolute Gasteiger partial charge is 0.481 e. The van der Waals surface area contributed by atoms with Crippen molar-refractivity contribution in [2.75, 3.05) is 0 Å². The molecular formula is C19H27N3O6. The number of aliphatic carboxylic acids is 1. The second-order valence-electron chi connectivity index (χ2n) is 7.95. The molecule has 0 spiro atoms. The zero-order chi connectivity index (χ0) is 21.5. The molecule has 1 aromatic rings. The number of nitrogens with one attached hydrogen (secondary N) is 2. The van der Waals surface area contributed by atoms with Gasteiger partial charge in [-0.25, -0.2) is 14.6 Å². The van der Waals surface area contributed by atoms with Crippen LogP contribution in [0.1, 0.15) is 47.1 Å². The average Bonchev–Trinajstić information content (AvgIpc) is 2.44. The first-order chi connectivity index (χ1) is 12.7. The highest BCUT2D eigenvalue weighted by atomic mass is 16.6. The van der Waals surface area contributed by atoms with E-state index in [1.807, 2.05) is 0 Å². The first kappa shape index (κ1) is 22.9. The number of carbonyl (C=O) groups is 3. The number of nitrogens with zero attached hydrogens (tertiary/aromatic N) is 1. The molecule has 9 heteroatoms. The normalized spacial score (nSPS) is 11.2. The number of hydrogen-bond acceptors (Lipinski definition) is 6. The zero-order valence-electron chi connectivity index (χ0n) is 17.0. The molecule has 2 amide bonds. The average molecular weight is 393 g/mol. The number of ether oxygens (including phenoxy) is 2. The van der Waals surface area contributed by atoms with E-state index in [0.29, 0.717) is 11.3 Å². The van der Waals surface area contributed by atoms with E-state index in [1.165, 1.54) is 0 Å². The molecule has 0 bridgehead atoms. The molecule has 0 radical (unpaired) electrons. The monoisotopic (exact) mass is 393 g/mol. The lowest BCUT2D eigenvalue weighted by atomic mass is 10.1. The van der Waals surface area contributed by atoms with Crippen LogP contribution in [0.2, 0.25) is 0 Å². The highest BCUT2D eigenvalue weighted by Gasteiger charge is 2.21. The van der Waals surface area contributed by atoms with Gasteiger partial charge in [0.1, 0.15) is 11.2 Å². The Balaban J connectivity index is 3.00. The maximum atomic E-state index is 12.0. The molecular weight excluding hydrogens is 366 g/mol. The Bertz CT molecular complexity index is 710. The zero-order valence-corrected chi connectivity index (χ0v) is 17.0. The van der Waals surface area contributed by atoms with E-state index >= 15 is 0 Å². The lowest BCUT2D eigenvalue weighted by molar-refractivity contribution is -0.136. The molecule has 0 fully saturated rings. The molecule has 1 rings (SSSR count). The van der Waals surface area contributed by atoms with Gasteiger partial charge in [0.2, 0.25) is 5.96 Å². The summed E-state index contributed by atoms with van der Waals surface area (Å²) in [6.07, 6.45) is -1.72. The molecule has 0 atom stereocenters. The standard InChI is InChI=1S/C19H27N3O6/c1-18(2,3)27-16(25)21-15(22-17(26)28-19(4,5)6)20-13-9-7-12(8-10-13)11-14(23)24/h7-10H,11H2,1-6H3,(H,23,24)(H2,20,21,22,25,26). The maximum Gasteiger partial charge on any atom is 0.414 e. The Morgan fingerprint density at radius 3 is 1.68 bits per heavy atom. The van der Waals surface area contributed by atoms with Crippen molar-refractivity contribution in [2.45, 2.75) is 59.2 Å². The molecule has 0 aromatic heterocycles. The summed E-state index contributed by atoms with van der Waals surface area (Å²) in [6, 6.07) is 6.30. The predicted octanol–water partition coefficient (Wildman–Crippen LogP) is 3.35. The van der Waals surface area contributed by atoms with E-state index < -0.39 is 29.4 Å². The van der Waals surface area contributed by atoms with Crippen molar-refractivity contribution in [1.29, 1.82) is 0 Å². The molecule has 0 unspecified atom stereocenters. The van der Waals surface area contributed by atoms with Gasteiger partial charge in [0.15, 0.2) is 0 Å². The van der Waals surface area contributed by atoms with Crippen LogP contribution < -0.4 is 10.6 Å². The number of alkyl carbamates (subject to hydrolysis) is 2. The first-order valence-electron chi connectivity index (χ1n) is 8.63. The van der Waals surface area contributed by atoms with Crippen molar-refractivity contribution in [3.05, 3.63) is 29.8 Å². The fourth-order valence-electron chi connectivity index (χ4n) is 1.88. The fourth-order valence-corrected chi connectivity index (χ4v) is 1.88. The maximum absolute atomic E-state index is 12.0.